The lowest BCUT2D eigenvalue weighted by atomic mass is 10.5. The Morgan fingerprint density at radius 1 is 1.88 bits per heavy atom. The molecule has 8 heavy (non-hydrogen) atoms. The van der Waals surface area contributed by atoms with Gasteiger partial charge in [0.05, 0.1) is 6.61 Å². The van der Waals surface area contributed by atoms with Crippen LogP contribution in [0.5, 0.6) is 0 Å². The Hall–Kier alpha value is -0.900. The smallest absolute Gasteiger partial charge is 0.155 e. The summed E-state index contributed by atoms with van der Waals surface area (Å²) in [4.78, 5) is 3.89. The van der Waals surface area contributed by atoms with Crippen LogP contribution in [0.25, 0.3) is 0 Å². The second kappa shape index (κ2) is 1.29. The maximum absolute atomic E-state index is 4.92. The van der Waals surface area contributed by atoms with Crippen LogP contribution < -0.4 is 0 Å². The topological polar surface area (TPSA) is 54.1 Å². The highest BCUT2D eigenvalue weighted by Crippen LogP contribution is 2.25. The van der Waals surface area contributed by atoms with E-state index in [0.29, 0.717) is 0 Å². The van der Waals surface area contributed by atoms with Crippen LogP contribution in [0.4, 0.5) is 0 Å². The summed E-state index contributed by atoms with van der Waals surface area (Å²) in [6.07, 6.45) is 1.69. The number of hydrogen-bond donors (Lipinski definition) is 1. The van der Waals surface area contributed by atoms with Crippen molar-refractivity contribution in [2.45, 2.75) is 6.10 Å². The lowest BCUT2D eigenvalue weighted by Gasteiger charge is -1.77. The molecule has 42 valence electrons. The van der Waals surface area contributed by atoms with E-state index in [2.05, 4.69) is 15.2 Å². The van der Waals surface area contributed by atoms with Crippen LogP contribution in [0.2, 0.25) is 0 Å². The van der Waals surface area contributed by atoms with Crippen molar-refractivity contribution in [3.05, 3.63) is 12.2 Å². The zero-order chi connectivity index (χ0) is 5.40. The van der Waals surface area contributed by atoms with Crippen molar-refractivity contribution in [3.8, 4) is 0 Å². The molecule has 0 aliphatic carbocycles. The summed E-state index contributed by atoms with van der Waals surface area (Å²) >= 11 is 0. The quantitative estimate of drug-likeness (QED) is 0.514. The van der Waals surface area contributed by atoms with Crippen molar-refractivity contribution in [2.75, 3.05) is 6.61 Å². The van der Waals surface area contributed by atoms with Crippen LogP contribution in [0.3, 0.4) is 0 Å². The van der Waals surface area contributed by atoms with Crippen molar-refractivity contribution < 1.29 is 4.74 Å². The molecule has 1 fully saturated rings. The number of aromatic amines is 1. The van der Waals surface area contributed by atoms with Gasteiger partial charge in [-0.1, -0.05) is 0 Å². The van der Waals surface area contributed by atoms with Crippen molar-refractivity contribution in [1.82, 2.24) is 15.2 Å². The first-order valence-electron chi connectivity index (χ1n) is 2.43. The van der Waals surface area contributed by atoms with E-state index in [9.17, 15) is 0 Å². The molecule has 0 spiro atoms. The molecular formula is C4H5N3O. The lowest BCUT2D eigenvalue weighted by Crippen LogP contribution is -1.81. The van der Waals surface area contributed by atoms with Crippen molar-refractivity contribution in [1.29, 1.82) is 0 Å². The lowest BCUT2D eigenvalue weighted by molar-refractivity contribution is 0.407. The third-order valence-corrected chi connectivity index (χ3v) is 1.07. The van der Waals surface area contributed by atoms with Crippen LogP contribution in [0, 0.1) is 0 Å². The highest BCUT2D eigenvalue weighted by atomic mass is 16.6. The number of ether oxygens (including phenoxy) is 1. The van der Waals surface area contributed by atoms with Crippen LogP contribution in [-0.2, 0) is 4.74 Å². The summed E-state index contributed by atoms with van der Waals surface area (Å²) in [5.74, 6) is 0.838. The molecule has 0 saturated carbocycles. The molecule has 1 N–H and O–H groups in total. The van der Waals surface area contributed by atoms with Gasteiger partial charge in [-0.15, -0.1) is 0 Å². The van der Waals surface area contributed by atoms with E-state index in [-0.39, 0.29) is 6.10 Å². The molecule has 1 unspecified atom stereocenters. The van der Waals surface area contributed by atoms with Crippen molar-refractivity contribution in [3.63, 3.8) is 0 Å². The van der Waals surface area contributed by atoms with Gasteiger partial charge in [-0.05, 0) is 0 Å². The molecule has 4 heteroatoms. The van der Waals surface area contributed by atoms with Gasteiger partial charge in [-0.25, -0.2) is 4.98 Å². The Labute approximate surface area is 45.9 Å². The van der Waals surface area contributed by atoms with Crippen LogP contribution in [0.15, 0.2) is 6.33 Å². The van der Waals surface area contributed by atoms with Gasteiger partial charge in [0.15, 0.2) is 5.82 Å². The molecule has 1 saturated heterocycles. The van der Waals surface area contributed by atoms with Crippen molar-refractivity contribution >= 4 is 0 Å². The Morgan fingerprint density at radius 2 is 2.75 bits per heavy atom. The molecule has 0 amide bonds. The fourth-order valence-electron chi connectivity index (χ4n) is 0.576. The number of H-pyrrole nitrogens is 1. The summed E-state index contributed by atoms with van der Waals surface area (Å²) in [6.45, 7) is 0.787. The largest absolute Gasteiger partial charge is 0.365 e. The third-order valence-electron chi connectivity index (χ3n) is 1.07. The molecule has 1 aliphatic rings. The number of epoxide rings is 1. The number of aromatic nitrogens is 3. The maximum atomic E-state index is 4.92. The molecule has 0 radical (unpaired) electrons. The minimum Gasteiger partial charge on any atom is -0.365 e. The van der Waals surface area contributed by atoms with E-state index in [1.54, 1.807) is 0 Å². The fourth-order valence-corrected chi connectivity index (χ4v) is 0.576. The third kappa shape index (κ3) is 0.500. The number of rotatable bonds is 1. The van der Waals surface area contributed by atoms with E-state index in [1.807, 2.05) is 0 Å². The van der Waals surface area contributed by atoms with Gasteiger partial charge in [-0.2, -0.15) is 5.10 Å². The average molecular weight is 111 g/mol. The predicted molar refractivity (Wildman–Crippen MR) is 25.1 cm³/mol. The zero-order valence-corrected chi connectivity index (χ0v) is 4.16. The number of hydrogen-bond acceptors (Lipinski definition) is 3. The second-order valence-electron chi connectivity index (χ2n) is 1.69. The fraction of sp³-hybridized carbons (Fsp3) is 0.500. The van der Waals surface area contributed by atoms with Gasteiger partial charge >= 0.3 is 0 Å². The molecule has 1 aliphatic heterocycles. The van der Waals surface area contributed by atoms with Gasteiger partial charge in [0.2, 0.25) is 0 Å². The molecule has 0 aromatic carbocycles. The number of nitrogens with one attached hydrogen (secondary N) is 1. The molecule has 4 nitrogen and oxygen atoms in total. The Morgan fingerprint density at radius 3 is 3.25 bits per heavy atom. The van der Waals surface area contributed by atoms with E-state index < -0.39 is 0 Å². The minimum atomic E-state index is 0.206. The maximum Gasteiger partial charge on any atom is 0.155 e. The molecule has 2 rings (SSSR count). The normalized spacial score (nSPS) is 25.8. The first kappa shape index (κ1) is 4.03. The van der Waals surface area contributed by atoms with Crippen LogP contribution in [0.1, 0.15) is 11.9 Å². The van der Waals surface area contributed by atoms with E-state index in [4.69, 9.17) is 4.74 Å². The average Bonchev–Trinajstić information content (AvgIpc) is 2.49. The monoisotopic (exact) mass is 111 g/mol. The molecule has 0 bridgehead atoms. The van der Waals surface area contributed by atoms with Gasteiger partial charge in [-0.3, -0.25) is 5.10 Å². The van der Waals surface area contributed by atoms with E-state index in [1.165, 1.54) is 6.33 Å². The van der Waals surface area contributed by atoms with Crippen molar-refractivity contribution in [2.24, 2.45) is 0 Å². The van der Waals surface area contributed by atoms with Gasteiger partial charge in [0.25, 0.3) is 0 Å². The summed E-state index contributed by atoms with van der Waals surface area (Å²) in [6, 6.07) is 0. The summed E-state index contributed by atoms with van der Waals surface area (Å²) in [7, 11) is 0. The Balaban J connectivity index is 2.28. The van der Waals surface area contributed by atoms with Gasteiger partial charge in [0.1, 0.15) is 12.4 Å². The highest BCUT2D eigenvalue weighted by molar-refractivity contribution is 4.93. The zero-order valence-electron chi connectivity index (χ0n) is 4.16. The minimum absolute atomic E-state index is 0.206. The first-order chi connectivity index (χ1) is 3.97. The van der Waals surface area contributed by atoms with Gasteiger partial charge in [0, 0.05) is 0 Å². The van der Waals surface area contributed by atoms with Gasteiger partial charge < -0.3 is 4.74 Å². The second-order valence-corrected chi connectivity index (χ2v) is 1.69. The summed E-state index contributed by atoms with van der Waals surface area (Å²) < 4.78 is 4.92. The van der Waals surface area contributed by atoms with E-state index >= 15 is 0 Å². The summed E-state index contributed by atoms with van der Waals surface area (Å²) in [5.41, 5.74) is 0. The Bertz CT molecular complexity index is 167. The molecule has 1 atom stereocenters. The SMILES string of the molecule is c1n[nH]c(C2CO2)n1. The predicted octanol–water partition coefficient (Wildman–Crippen LogP) is -0.124. The standard InChI is InChI=1S/C4H5N3O/c1-3(8-1)4-5-2-6-7-4/h2-3H,1H2,(H,5,6,7). The molecule has 1 aromatic rings. The molecule has 2 heterocycles. The molecular weight excluding hydrogens is 106 g/mol. The molecule has 1 aromatic heterocycles. The number of nitrogens with zero attached hydrogens (tertiary/aromatic N) is 2. The highest BCUT2D eigenvalue weighted by Gasteiger charge is 2.27. The first-order valence-corrected chi connectivity index (χ1v) is 2.43. The van der Waals surface area contributed by atoms with Crippen LogP contribution in [-0.4, -0.2) is 21.8 Å². The van der Waals surface area contributed by atoms with E-state index in [0.717, 1.165) is 12.4 Å². The van der Waals surface area contributed by atoms with Crippen LogP contribution >= 0.6 is 0 Å². The summed E-state index contributed by atoms with van der Waals surface area (Å²) in [5, 5.41) is 6.38. The Kier molecular flexibility index (Phi) is 0.648.